The van der Waals surface area contributed by atoms with Crippen LogP contribution in [0.5, 0.6) is 0 Å². The molecule has 7 heteroatoms. The van der Waals surface area contributed by atoms with Gasteiger partial charge in [0.15, 0.2) is 0 Å². The molecule has 0 radical (unpaired) electrons. The zero-order chi connectivity index (χ0) is 16.4. The highest BCUT2D eigenvalue weighted by Gasteiger charge is 2.33. The lowest BCUT2D eigenvalue weighted by Crippen LogP contribution is -2.46. The van der Waals surface area contributed by atoms with Crippen LogP contribution in [0, 0.1) is 11.7 Å². The number of sulfonamides is 1. The van der Waals surface area contributed by atoms with Crippen molar-refractivity contribution in [2.75, 3.05) is 47.8 Å². The Hall–Kier alpha value is -1.34. The first kappa shape index (κ1) is 16.5. The lowest BCUT2D eigenvalue weighted by Gasteiger charge is -2.38. The van der Waals surface area contributed by atoms with Crippen LogP contribution in [0.15, 0.2) is 18.2 Å². The Balaban J connectivity index is 1.90. The fraction of sp³-hybridized carbons (Fsp3) is 0.625. The molecule has 1 aromatic rings. The number of ether oxygens (including phenoxy) is 1. The third-order valence-electron chi connectivity index (χ3n) is 4.42. The van der Waals surface area contributed by atoms with E-state index >= 15 is 0 Å². The van der Waals surface area contributed by atoms with E-state index < -0.39 is 15.8 Å². The maximum Gasteiger partial charge on any atom is 0.235 e. The summed E-state index contributed by atoms with van der Waals surface area (Å²) in [5, 5.41) is 0. The van der Waals surface area contributed by atoms with E-state index in [2.05, 4.69) is 11.8 Å². The summed E-state index contributed by atoms with van der Waals surface area (Å²) in [6, 6.07) is 4.41. The Bertz CT molecular complexity index is 659. The lowest BCUT2D eigenvalue weighted by atomic mass is 10.2. The number of fused-ring (bicyclic) bond motifs is 1. The van der Waals surface area contributed by atoms with Crippen LogP contribution in [0.1, 0.15) is 19.8 Å². The van der Waals surface area contributed by atoms with Crippen LogP contribution in [0.3, 0.4) is 0 Å². The molecule has 0 spiro atoms. The number of halogens is 1. The molecule has 0 aromatic heterocycles. The molecule has 23 heavy (non-hydrogen) atoms. The normalized spacial score (nSPS) is 21.6. The van der Waals surface area contributed by atoms with Crippen LogP contribution in [-0.2, 0) is 14.8 Å². The third kappa shape index (κ3) is 3.45. The molecule has 2 aliphatic rings. The zero-order valence-electron chi connectivity index (χ0n) is 13.4. The van der Waals surface area contributed by atoms with Crippen molar-refractivity contribution < 1.29 is 17.5 Å². The predicted octanol–water partition coefficient (Wildman–Crippen LogP) is 2.23. The topological polar surface area (TPSA) is 49.9 Å². The Morgan fingerprint density at radius 2 is 2.13 bits per heavy atom. The average Bonchev–Trinajstić information content (AvgIpc) is 2.99. The highest BCUT2D eigenvalue weighted by Crippen LogP contribution is 2.36. The fourth-order valence-corrected chi connectivity index (χ4v) is 5.15. The zero-order valence-corrected chi connectivity index (χ0v) is 14.2. The van der Waals surface area contributed by atoms with Crippen LogP contribution < -0.4 is 9.21 Å². The summed E-state index contributed by atoms with van der Waals surface area (Å²) in [6.45, 7) is 5.02. The molecule has 128 valence electrons. The minimum Gasteiger partial charge on any atom is -0.381 e. The van der Waals surface area contributed by atoms with E-state index in [1.165, 1.54) is 16.4 Å². The smallest absolute Gasteiger partial charge is 0.235 e. The van der Waals surface area contributed by atoms with Gasteiger partial charge < -0.3 is 9.64 Å². The minimum absolute atomic E-state index is 0.0330. The highest BCUT2D eigenvalue weighted by atomic mass is 32.2. The van der Waals surface area contributed by atoms with Crippen molar-refractivity contribution in [1.82, 2.24) is 0 Å². The van der Waals surface area contributed by atoms with Gasteiger partial charge in [-0.1, -0.05) is 6.92 Å². The van der Waals surface area contributed by atoms with Crippen LogP contribution in [0.25, 0.3) is 0 Å². The van der Waals surface area contributed by atoms with Crippen molar-refractivity contribution in [3.05, 3.63) is 24.0 Å². The van der Waals surface area contributed by atoms with Gasteiger partial charge in [0.05, 0.1) is 30.3 Å². The maximum absolute atomic E-state index is 13.7. The van der Waals surface area contributed by atoms with Gasteiger partial charge in [-0.2, -0.15) is 0 Å². The second-order valence-electron chi connectivity index (χ2n) is 6.20. The molecule has 0 unspecified atom stereocenters. The quantitative estimate of drug-likeness (QED) is 0.823. The summed E-state index contributed by atoms with van der Waals surface area (Å²) in [6.07, 6.45) is 1.73. The summed E-state index contributed by atoms with van der Waals surface area (Å²) in [5.41, 5.74) is 1.26. The molecule has 1 fully saturated rings. The Morgan fingerprint density at radius 3 is 2.83 bits per heavy atom. The second-order valence-corrected chi connectivity index (χ2v) is 8.14. The molecular formula is C16H23FN2O3S. The van der Waals surface area contributed by atoms with E-state index in [9.17, 15) is 12.8 Å². The average molecular weight is 342 g/mol. The van der Waals surface area contributed by atoms with Gasteiger partial charge in [-0.15, -0.1) is 0 Å². The number of hydrogen-bond acceptors (Lipinski definition) is 4. The second kappa shape index (κ2) is 6.65. The van der Waals surface area contributed by atoms with E-state index in [0.29, 0.717) is 32.0 Å². The van der Waals surface area contributed by atoms with Crippen LogP contribution in [0.2, 0.25) is 0 Å². The molecule has 5 nitrogen and oxygen atoms in total. The summed E-state index contributed by atoms with van der Waals surface area (Å²) in [5.74, 6) is -0.311. The standard InChI is InChI=1S/C16H23FN2O3S/c1-2-6-18-7-8-19(16-10-14(17)3-4-15(16)18)23(20,21)12-13-5-9-22-11-13/h3-4,10,13H,2,5-9,11-12H2,1H3/t13-/m1/s1. The summed E-state index contributed by atoms with van der Waals surface area (Å²) in [4.78, 5) is 2.12. The van der Waals surface area contributed by atoms with Crippen LogP contribution in [-0.4, -0.2) is 47.0 Å². The first-order valence-electron chi connectivity index (χ1n) is 8.14. The molecule has 0 amide bonds. The Labute approximate surface area is 137 Å². The van der Waals surface area contributed by atoms with Gasteiger partial charge in [-0.25, -0.2) is 12.8 Å². The van der Waals surface area contributed by atoms with Crippen molar-refractivity contribution in [3.8, 4) is 0 Å². The minimum atomic E-state index is -3.48. The first-order chi connectivity index (χ1) is 11.0. The summed E-state index contributed by atoms with van der Waals surface area (Å²) < 4.78 is 46.0. The van der Waals surface area contributed by atoms with Crippen molar-refractivity contribution >= 4 is 21.4 Å². The van der Waals surface area contributed by atoms with Gasteiger partial charge in [0.2, 0.25) is 10.0 Å². The number of nitrogens with zero attached hydrogens (tertiary/aromatic N) is 2. The molecule has 0 aliphatic carbocycles. The summed E-state index contributed by atoms with van der Waals surface area (Å²) >= 11 is 0. The molecule has 0 N–H and O–H groups in total. The molecule has 3 rings (SSSR count). The first-order valence-corrected chi connectivity index (χ1v) is 9.75. The number of rotatable bonds is 5. The molecule has 1 atom stereocenters. The van der Waals surface area contributed by atoms with Crippen molar-refractivity contribution in [2.24, 2.45) is 5.92 Å². The van der Waals surface area contributed by atoms with Gasteiger partial charge in [0.25, 0.3) is 0 Å². The number of benzene rings is 1. The largest absolute Gasteiger partial charge is 0.381 e. The fourth-order valence-electron chi connectivity index (χ4n) is 3.31. The molecule has 1 saturated heterocycles. The summed E-state index contributed by atoms with van der Waals surface area (Å²) in [7, 11) is -3.48. The molecular weight excluding hydrogens is 319 g/mol. The van der Waals surface area contributed by atoms with E-state index in [1.807, 2.05) is 0 Å². The Morgan fingerprint density at radius 1 is 1.30 bits per heavy atom. The van der Waals surface area contributed by atoms with Gasteiger partial charge in [-0.05, 0) is 25.0 Å². The van der Waals surface area contributed by atoms with Gasteiger partial charge in [0.1, 0.15) is 5.82 Å². The molecule has 2 aliphatic heterocycles. The van der Waals surface area contributed by atoms with Crippen LogP contribution >= 0.6 is 0 Å². The van der Waals surface area contributed by atoms with Crippen molar-refractivity contribution in [1.29, 1.82) is 0 Å². The van der Waals surface area contributed by atoms with Gasteiger partial charge >= 0.3 is 0 Å². The third-order valence-corrected chi connectivity index (χ3v) is 6.36. The van der Waals surface area contributed by atoms with E-state index in [4.69, 9.17) is 4.74 Å². The van der Waals surface area contributed by atoms with Crippen molar-refractivity contribution in [3.63, 3.8) is 0 Å². The van der Waals surface area contributed by atoms with Gasteiger partial charge in [-0.3, -0.25) is 4.31 Å². The number of hydrogen-bond donors (Lipinski definition) is 0. The van der Waals surface area contributed by atoms with Crippen LogP contribution in [0.4, 0.5) is 15.8 Å². The molecule has 0 saturated carbocycles. The maximum atomic E-state index is 13.7. The monoisotopic (exact) mass is 342 g/mol. The van der Waals surface area contributed by atoms with E-state index in [-0.39, 0.29) is 11.7 Å². The molecule has 1 aromatic carbocycles. The van der Waals surface area contributed by atoms with Crippen molar-refractivity contribution in [2.45, 2.75) is 19.8 Å². The lowest BCUT2D eigenvalue weighted by molar-refractivity contribution is 0.188. The van der Waals surface area contributed by atoms with E-state index in [1.54, 1.807) is 6.07 Å². The predicted molar refractivity (Wildman–Crippen MR) is 89.0 cm³/mol. The van der Waals surface area contributed by atoms with Gasteiger partial charge in [0, 0.05) is 31.7 Å². The van der Waals surface area contributed by atoms with E-state index in [0.717, 1.165) is 25.1 Å². The highest BCUT2D eigenvalue weighted by molar-refractivity contribution is 7.92. The SMILES string of the molecule is CCCN1CCN(S(=O)(=O)C[C@@H]2CCOC2)c2cc(F)ccc21. The molecule has 0 bridgehead atoms. The number of anilines is 2. The Kier molecular flexibility index (Phi) is 4.77. The molecule has 2 heterocycles.